The zero-order valence-electron chi connectivity index (χ0n) is 7.37. The quantitative estimate of drug-likeness (QED) is 0.673. The van der Waals surface area contributed by atoms with Crippen LogP contribution >= 0.6 is 0 Å². The number of nitrogens with two attached hydrogens (primary N) is 1. The van der Waals surface area contributed by atoms with Gasteiger partial charge in [-0.25, -0.2) is 8.78 Å². The summed E-state index contributed by atoms with van der Waals surface area (Å²) in [4.78, 5) is 3.72. The number of nitrogens with one attached hydrogen (secondary N) is 1. The van der Waals surface area contributed by atoms with E-state index in [-0.39, 0.29) is 0 Å². The van der Waals surface area contributed by atoms with Crippen LogP contribution < -0.4 is 11.1 Å². The van der Waals surface area contributed by atoms with E-state index in [4.69, 9.17) is 10.8 Å². The molecule has 1 rings (SSSR count). The van der Waals surface area contributed by atoms with Crippen molar-refractivity contribution in [1.29, 1.82) is 0 Å². The molecule has 1 aromatic heterocycles. The van der Waals surface area contributed by atoms with Crippen LogP contribution in [0.4, 0.5) is 20.2 Å². The van der Waals surface area contributed by atoms with Gasteiger partial charge in [-0.3, -0.25) is 4.98 Å². The largest absolute Gasteiger partial charge is 0.397 e. The predicted molar refractivity (Wildman–Crippen MR) is 49.2 cm³/mol. The number of aliphatic hydroxyl groups is 1. The summed E-state index contributed by atoms with van der Waals surface area (Å²) in [6.07, 6.45) is 2.81. The van der Waals surface area contributed by atoms with E-state index in [0.717, 1.165) is 0 Å². The van der Waals surface area contributed by atoms with Gasteiger partial charge in [-0.2, -0.15) is 0 Å². The van der Waals surface area contributed by atoms with Gasteiger partial charge in [-0.1, -0.05) is 0 Å². The second kappa shape index (κ2) is 4.19. The van der Waals surface area contributed by atoms with Gasteiger partial charge in [0, 0.05) is 6.20 Å². The normalized spacial score (nSPS) is 11.4. The summed E-state index contributed by atoms with van der Waals surface area (Å²) in [5.74, 6) is -3.15. The van der Waals surface area contributed by atoms with Crippen molar-refractivity contribution in [2.45, 2.75) is 5.92 Å². The van der Waals surface area contributed by atoms with E-state index in [2.05, 4.69) is 10.3 Å². The van der Waals surface area contributed by atoms with E-state index in [1.54, 1.807) is 0 Å². The molecule has 14 heavy (non-hydrogen) atoms. The molecule has 0 unspecified atom stereocenters. The molecular weight excluding hydrogens is 192 g/mol. The Labute approximate surface area is 79.8 Å². The van der Waals surface area contributed by atoms with Crippen LogP contribution in [0.5, 0.6) is 0 Å². The third-order valence-corrected chi connectivity index (χ3v) is 1.62. The molecule has 6 heteroatoms. The third-order valence-electron chi connectivity index (χ3n) is 1.62. The molecular formula is C8H11F2N3O. The van der Waals surface area contributed by atoms with E-state index in [0.29, 0.717) is 11.4 Å². The van der Waals surface area contributed by atoms with Crippen LogP contribution in [0.3, 0.4) is 0 Å². The molecule has 4 nitrogen and oxygen atoms in total. The van der Waals surface area contributed by atoms with E-state index >= 15 is 0 Å². The fourth-order valence-corrected chi connectivity index (χ4v) is 0.833. The van der Waals surface area contributed by atoms with Gasteiger partial charge in [0.25, 0.3) is 5.92 Å². The van der Waals surface area contributed by atoms with Crippen LogP contribution in [0.15, 0.2) is 18.5 Å². The second-order valence-corrected chi connectivity index (χ2v) is 2.83. The Balaban J connectivity index is 2.58. The monoisotopic (exact) mass is 203 g/mol. The number of alkyl halides is 2. The highest BCUT2D eigenvalue weighted by molar-refractivity contribution is 5.64. The van der Waals surface area contributed by atoms with Crippen molar-refractivity contribution in [3.05, 3.63) is 18.5 Å². The lowest BCUT2D eigenvalue weighted by atomic mass is 10.3. The average Bonchev–Trinajstić information content (AvgIpc) is 2.17. The number of hydrogen-bond donors (Lipinski definition) is 3. The summed E-state index contributed by atoms with van der Waals surface area (Å²) in [6, 6.07) is 1.50. The lowest BCUT2D eigenvalue weighted by Gasteiger charge is -2.15. The van der Waals surface area contributed by atoms with Gasteiger partial charge in [0.05, 0.1) is 24.1 Å². The second-order valence-electron chi connectivity index (χ2n) is 2.83. The Morgan fingerprint density at radius 2 is 2.29 bits per heavy atom. The predicted octanol–water partition coefficient (Wildman–Crippen LogP) is 0.703. The topological polar surface area (TPSA) is 71.2 Å². The summed E-state index contributed by atoms with van der Waals surface area (Å²) in [5, 5.41) is 10.7. The van der Waals surface area contributed by atoms with E-state index in [1.165, 1.54) is 18.5 Å². The number of halogens is 2. The Morgan fingerprint density at radius 1 is 1.57 bits per heavy atom. The zero-order valence-corrected chi connectivity index (χ0v) is 7.37. The fourth-order valence-electron chi connectivity index (χ4n) is 0.833. The van der Waals surface area contributed by atoms with Gasteiger partial charge in [-0.15, -0.1) is 0 Å². The first-order chi connectivity index (χ1) is 6.55. The van der Waals surface area contributed by atoms with Crippen molar-refractivity contribution in [1.82, 2.24) is 4.98 Å². The lowest BCUT2D eigenvalue weighted by Crippen LogP contribution is -2.31. The summed E-state index contributed by atoms with van der Waals surface area (Å²) in [7, 11) is 0. The molecule has 0 aliphatic rings. The molecule has 0 saturated carbocycles. The Kier molecular flexibility index (Phi) is 3.19. The number of rotatable bonds is 4. The number of aliphatic hydroxyl groups excluding tert-OH is 1. The highest BCUT2D eigenvalue weighted by atomic mass is 19.3. The maximum atomic E-state index is 12.6. The highest BCUT2D eigenvalue weighted by Gasteiger charge is 2.27. The van der Waals surface area contributed by atoms with Crippen molar-refractivity contribution < 1.29 is 13.9 Å². The van der Waals surface area contributed by atoms with E-state index < -0.39 is 19.1 Å². The third kappa shape index (κ3) is 2.81. The molecule has 0 radical (unpaired) electrons. The summed E-state index contributed by atoms with van der Waals surface area (Å²) in [5.41, 5.74) is 6.16. The molecule has 0 fully saturated rings. The van der Waals surface area contributed by atoms with Crippen LogP contribution in [0.1, 0.15) is 0 Å². The SMILES string of the molecule is Nc1ccncc1NCC(F)(F)CO. The molecule has 1 aromatic rings. The van der Waals surface area contributed by atoms with Crippen LogP contribution in [0.25, 0.3) is 0 Å². The molecule has 0 aromatic carbocycles. The first-order valence-corrected chi connectivity index (χ1v) is 3.97. The lowest BCUT2D eigenvalue weighted by molar-refractivity contribution is -0.0372. The molecule has 0 aliphatic heterocycles. The van der Waals surface area contributed by atoms with Crippen LogP contribution in [0.2, 0.25) is 0 Å². The molecule has 0 amide bonds. The molecule has 78 valence electrons. The fraction of sp³-hybridized carbons (Fsp3) is 0.375. The van der Waals surface area contributed by atoms with Crippen LogP contribution in [-0.4, -0.2) is 29.2 Å². The Hall–Kier alpha value is -1.43. The minimum Gasteiger partial charge on any atom is -0.397 e. The van der Waals surface area contributed by atoms with Crippen molar-refractivity contribution >= 4 is 11.4 Å². The zero-order chi connectivity index (χ0) is 10.6. The minimum atomic E-state index is -3.15. The Bertz CT molecular complexity index is 306. The molecule has 0 saturated heterocycles. The summed E-state index contributed by atoms with van der Waals surface area (Å²) in [6.45, 7) is -1.86. The highest BCUT2D eigenvalue weighted by Crippen LogP contribution is 2.18. The number of anilines is 2. The van der Waals surface area contributed by atoms with Gasteiger partial charge in [0.2, 0.25) is 0 Å². The van der Waals surface area contributed by atoms with Crippen LogP contribution in [0, 0.1) is 0 Å². The molecule has 0 bridgehead atoms. The number of pyridine rings is 1. The first kappa shape index (κ1) is 10.6. The van der Waals surface area contributed by atoms with Gasteiger partial charge in [0.15, 0.2) is 0 Å². The van der Waals surface area contributed by atoms with E-state index in [9.17, 15) is 8.78 Å². The maximum absolute atomic E-state index is 12.6. The number of nitrogens with zero attached hydrogens (tertiary/aromatic N) is 1. The standard InChI is InChI=1S/C8H11F2N3O/c9-8(10,5-14)4-13-7-3-12-2-1-6(7)11/h1-3,13-14H,4-5H2,(H2,11,12). The molecule has 0 aliphatic carbocycles. The Morgan fingerprint density at radius 3 is 2.86 bits per heavy atom. The van der Waals surface area contributed by atoms with Crippen molar-refractivity contribution in [3.63, 3.8) is 0 Å². The first-order valence-electron chi connectivity index (χ1n) is 3.97. The number of nitrogen functional groups attached to an aromatic ring is 1. The van der Waals surface area contributed by atoms with Gasteiger partial charge >= 0.3 is 0 Å². The summed E-state index contributed by atoms with van der Waals surface area (Å²) < 4.78 is 25.2. The van der Waals surface area contributed by atoms with Gasteiger partial charge in [-0.05, 0) is 6.07 Å². The molecule has 4 N–H and O–H groups in total. The van der Waals surface area contributed by atoms with Gasteiger partial charge in [0.1, 0.15) is 6.61 Å². The summed E-state index contributed by atoms with van der Waals surface area (Å²) >= 11 is 0. The molecule has 1 heterocycles. The average molecular weight is 203 g/mol. The minimum absolute atomic E-state index is 0.334. The van der Waals surface area contributed by atoms with Gasteiger partial charge < -0.3 is 16.2 Å². The molecule has 0 atom stereocenters. The van der Waals surface area contributed by atoms with Crippen molar-refractivity contribution in [2.24, 2.45) is 0 Å². The van der Waals surface area contributed by atoms with Crippen molar-refractivity contribution in [3.8, 4) is 0 Å². The smallest absolute Gasteiger partial charge is 0.287 e. The van der Waals surface area contributed by atoms with Crippen LogP contribution in [-0.2, 0) is 0 Å². The van der Waals surface area contributed by atoms with Crippen molar-refractivity contribution in [2.75, 3.05) is 24.2 Å². The molecule has 0 spiro atoms. The van der Waals surface area contributed by atoms with E-state index in [1.807, 2.05) is 0 Å². The number of hydrogen-bond acceptors (Lipinski definition) is 4. The number of aromatic nitrogens is 1. The maximum Gasteiger partial charge on any atom is 0.287 e.